The number of ether oxygens (including phenoxy) is 1. The van der Waals surface area contributed by atoms with Crippen LogP contribution >= 0.6 is 22.9 Å². The Hall–Kier alpha value is -2.64. The number of aryl methyl sites for hydroxylation is 1. The van der Waals surface area contributed by atoms with Crippen molar-refractivity contribution < 1.29 is 4.74 Å². The van der Waals surface area contributed by atoms with E-state index in [0.29, 0.717) is 22.6 Å². The summed E-state index contributed by atoms with van der Waals surface area (Å²) in [5.74, 6) is 1.69. The molecule has 2 aromatic heterocycles. The summed E-state index contributed by atoms with van der Waals surface area (Å²) in [6, 6.07) is 9.41. The van der Waals surface area contributed by atoms with E-state index in [1.807, 2.05) is 49.6 Å². The number of nitrogens with one attached hydrogen (secondary N) is 2. The van der Waals surface area contributed by atoms with Crippen LogP contribution in [0.25, 0.3) is 11.3 Å². The molecule has 2 N–H and O–H groups in total. The lowest BCUT2D eigenvalue weighted by Crippen LogP contribution is -2.30. The van der Waals surface area contributed by atoms with E-state index in [4.69, 9.17) is 16.3 Å². The molecule has 0 saturated carbocycles. The number of guanidine groups is 1. The van der Waals surface area contributed by atoms with Gasteiger partial charge in [-0.3, -0.25) is 4.99 Å². The zero-order valence-corrected chi connectivity index (χ0v) is 16.9. The Kier molecular flexibility index (Phi) is 6.26. The van der Waals surface area contributed by atoms with Crippen molar-refractivity contribution in [1.29, 1.82) is 0 Å². The van der Waals surface area contributed by atoms with E-state index in [1.54, 1.807) is 13.2 Å². The Balaban J connectivity index is 1.86. The smallest absolute Gasteiger partial charge is 0.228 e. The van der Waals surface area contributed by atoms with Crippen LogP contribution in [-0.2, 0) is 0 Å². The van der Waals surface area contributed by atoms with Crippen LogP contribution in [0.3, 0.4) is 0 Å². The average molecular weight is 402 g/mol. The van der Waals surface area contributed by atoms with Crippen LogP contribution < -0.4 is 15.4 Å². The van der Waals surface area contributed by atoms with Crippen LogP contribution in [0.4, 0.5) is 5.13 Å². The molecule has 0 aliphatic heterocycles. The van der Waals surface area contributed by atoms with Crippen molar-refractivity contribution in [2.75, 3.05) is 18.9 Å². The summed E-state index contributed by atoms with van der Waals surface area (Å²) in [6.07, 6.45) is 1.68. The first-order valence-corrected chi connectivity index (χ1v) is 9.69. The van der Waals surface area contributed by atoms with E-state index in [2.05, 4.69) is 25.6 Å². The second-order valence-electron chi connectivity index (χ2n) is 5.66. The molecule has 0 saturated heterocycles. The molecule has 0 bridgehead atoms. The van der Waals surface area contributed by atoms with E-state index >= 15 is 0 Å². The van der Waals surface area contributed by atoms with E-state index < -0.39 is 0 Å². The summed E-state index contributed by atoms with van der Waals surface area (Å²) < 4.78 is 5.96. The number of hydrogen-bond donors (Lipinski definition) is 2. The minimum Gasteiger partial charge on any atom is -0.437 e. The average Bonchev–Trinajstić information content (AvgIpc) is 3.12. The highest BCUT2D eigenvalue weighted by atomic mass is 35.5. The number of aromatic nitrogens is 2. The molecule has 0 unspecified atom stereocenters. The number of pyridine rings is 1. The van der Waals surface area contributed by atoms with Crippen LogP contribution in [0.15, 0.2) is 46.9 Å². The third-order valence-electron chi connectivity index (χ3n) is 3.64. The highest BCUT2D eigenvalue weighted by Gasteiger charge is 2.14. The van der Waals surface area contributed by atoms with E-state index in [0.717, 1.165) is 28.5 Å². The quantitative estimate of drug-likeness (QED) is 0.466. The van der Waals surface area contributed by atoms with Crippen molar-refractivity contribution in [2.24, 2.45) is 4.99 Å². The lowest BCUT2D eigenvalue weighted by molar-refractivity contribution is 0.465. The van der Waals surface area contributed by atoms with Crippen molar-refractivity contribution in [2.45, 2.75) is 13.8 Å². The van der Waals surface area contributed by atoms with Gasteiger partial charge in [-0.1, -0.05) is 17.7 Å². The van der Waals surface area contributed by atoms with Crippen LogP contribution in [0, 0.1) is 6.92 Å². The van der Waals surface area contributed by atoms with Crippen molar-refractivity contribution >= 4 is 34.0 Å². The molecule has 0 spiro atoms. The number of aliphatic imine (C=N–C) groups is 1. The topological polar surface area (TPSA) is 71.4 Å². The molecule has 0 fully saturated rings. The summed E-state index contributed by atoms with van der Waals surface area (Å²) in [6.45, 7) is 4.76. The van der Waals surface area contributed by atoms with Gasteiger partial charge in [0.15, 0.2) is 11.1 Å². The summed E-state index contributed by atoms with van der Waals surface area (Å²) in [5, 5.41) is 9.53. The van der Waals surface area contributed by atoms with Gasteiger partial charge in [-0.05, 0) is 43.7 Å². The fraction of sp³-hybridized carbons (Fsp3) is 0.211. The highest BCUT2D eigenvalue weighted by molar-refractivity contribution is 7.14. The molecular weight excluding hydrogens is 382 g/mol. The number of nitrogens with zero attached hydrogens (tertiary/aromatic N) is 3. The van der Waals surface area contributed by atoms with Gasteiger partial charge >= 0.3 is 0 Å². The minimum absolute atomic E-state index is 0.455. The Morgan fingerprint density at radius 3 is 2.93 bits per heavy atom. The molecule has 2 heterocycles. The zero-order chi connectivity index (χ0) is 19.2. The Morgan fingerprint density at radius 2 is 2.19 bits per heavy atom. The molecule has 0 radical (unpaired) electrons. The summed E-state index contributed by atoms with van der Waals surface area (Å²) in [5.41, 5.74) is 2.62. The SMILES string of the molecule is CCNC(=NC)Nc1nc(-c2cccnc2Oc2ccc(C)cc2Cl)cs1. The largest absolute Gasteiger partial charge is 0.437 e. The Morgan fingerprint density at radius 1 is 1.33 bits per heavy atom. The predicted molar refractivity (Wildman–Crippen MR) is 112 cm³/mol. The Labute approximate surface area is 167 Å². The second kappa shape index (κ2) is 8.83. The highest BCUT2D eigenvalue weighted by Crippen LogP contribution is 2.35. The lowest BCUT2D eigenvalue weighted by atomic mass is 10.2. The van der Waals surface area contributed by atoms with Crippen LogP contribution in [0.5, 0.6) is 11.6 Å². The second-order valence-corrected chi connectivity index (χ2v) is 6.92. The van der Waals surface area contributed by atoms with Gasteiger partial charge in [-0.25, -0.2) is 9.97 Å². The molecule has 140 valence electrons. The first-order chi connectivity index (χ1) is 13.1. The molecule has 0 atom stereocenters. The standard InChI is InChI=1S/C19H20ClN5OS/c1-4-22-18(21-3)25-19-24-15(11-27-19)13-6-5-9-23-17(13)26-16-8-7-12(2)10-14(16)20/h5-11H,4H2,1-3H3,(H2,21,22,24,25). The maximum Gasteiger partial charge on any atom is 0.228 e. The molecule has 0 aliphatic carbocycles. The van der Waals surface area contributed by atoms with E-state index in [1.165, 1.54) is 11.3 Å². The van der Waals surface area contributed by atoms with Crippen molar-refractivity contribution in [3.8, 4) is 22.9 Å². The number of benzene rings is 1. The molecule has 8 heteroatoms. The van der Waals surface area contributed by atoms with Gasteiger partial charge < -0.3 is 15.4 Å². The molecule has 1 aromatic carbocycles. The van der Waals surface area contributed by atoms with Gasteiger partial charge in [0.25, 0.3) is 0 Å². The minimum atomic E-state index is 0.455. The number of rotatable bonds is 5. The molecule has 0 amide bonds. The van der Waals surface area contributed by atoms with E-state index in [-0.39, 0.29) is 0 Å². The van der Waals surface area contributed by atoms with Gasteiger partial charge in [0, 0.05) is 25.2 Å². The normalized spacial score (nSPS) is 11.3. The first-order valence-electron chi connectivity index (χ1n) is 8.43. The molecule has 27 heavy (non-hydrogen) atoms. The summed E-state index contributed by atoms with van der Waals surface area (Å²) >= 11 is 7.77. The number of hydrogen-bond acceptors (Lipinski definition) is 5. The fourth-order valence-electron chi connectivity index (χ4n) is 2.36. The molecule has 6 nitrogen and oxygen atoms in total. The molecule has 0 aliphatic rings. The van der Waals surface area contributed by atoms with Crippen LogP contribution in [0.1, 0.15) is 12.5 Å². The number of anilines is 1. The van der Waals surface area contributed by atoms with Crippen molar-refractivity contribution in [1.82, 2.24) is 15.3 Å². The van der Waals surface area contributed by atoms with Gasteiger partial charge in [0.05, 0.1) is 16.3 Å². The van der Waals surface area contributed by atoms with Crippen molar-refractivity contribution in [3.63, 3.8) is 0 Å². The molecule has 3 rings (SSSR count). The summed E-state index contributed by atoms with van der Waals surface area (Å²) in [4.78, 5) is 13.1. The summed E-state index contributed by atoms with van der Waals surface area (Å²) in [7, 11) is 1.72. The Bertz CT molecular complexity index is 957. The van der Waals surface area contributed by atoms with Gasteiger partial charge in [-0.2, -0.15) is 0 Å². The third-order valence-corrected chi connectivity index (χ3v) is 4.69. The lowest BCUT2D eigenvalue weighted by Gasteiger charge is -2.10. The van der Waals surface area contributed by atoms with Gasteiger partial charge in [0.2, 0.25) is 5.88 Å². The van der Waals surface area contributed by atoms with E-state index in [9.17, 15) is 0 Å². The monoisotopic (exact) mass is 401 g/mol. The number of halogens is 1. The van der Waals surface area contributed by atoms with Crippen LogP contribution in [-0.4, -0.2) is 29.5 Å². The van der Waals surface area contributed by atoms with Gasteiger partial charge in [0.1, 0.15) is 5.75 Å². The maximum absolute atomic E-state index is 6.29. The molecular formula is C19H20ClN5OS. The van der Waals surface area contributed by atoms with Crippen LogP contribution in [0.2, 0.25) is 5.02 Å². The molecule has 3 aromatic rings. The first kappa shape index (κ1) is 19.1. The fourth-order valence-corrected chi connectivity index (χ4v) is 3.35. The predicted octanol–water partition coefficient (Wildman–Crippen LogP) is 4.97. The van der Waals surface area contributed by atoms with Crippen molar-refractivity contribution in [3.05, 3.63) is 52.5 Å². The maximum atomic E-state index is 6.29. The number of thiazole rings is 1. The third kappa shape index (κ3) is 4.75. The van der Waals surface area contributed by atoms with Gasteiger partial charge in [-0.15, -0.1) is 11.3 Å². The zero-order valence-electron chi connectivity index (χ0n) is 15.3.